The Labute approximate surface area is 145 Å². The maximum absolute atomic E-state index is 12.2. The molecule has 0 radical (unpaired) electrons. The molecule has 0 spiro atoms. The van der Waals surface area contributed by atoms with Crippen molar-refractivity contribution in [2.24, 2.45) is 5.92 Å². The van der Waals surface area contributed by atoms with Gasteiger partial charge in [0.2, 0.25) is 0 Å². The van der Waals surface area contributed by atoms with Crippen LogP contribution in [0.5, 0.6) is 5.75 Å². The van der Waals surface area contributed by atoms with Gasteiger partial charge in [-0.3, -0.25) is 5.32 Å². The second-order valence-corrected chi connectivity index (χ2v) is 6.46. The number of nitrogens with one attached hydrogen (secondary N) is 2. The topological polar surface area (TPSA) is 87.0 Å². The van der Waals surface area contributed by atoms with Crippen LogP contribution >= 0.6 is 0 Å². The summed E-state index contributed by atoms with van der Waals surface area (Å²) >= 11 is 0. The van der Waals surface area contributed by atoms with E-state index in [9.17, 15) is 4.79 Å². The third kappa shape index (κ3) is 2.89. The second kappa shape index (κ2) is 6.10. The van der Waals surface area contributed by atoms with Gasteiger partial charge in [0.1, 0.15) is 17.6 Å². The van der Waals surface area contributed by atoms with Gasteiger partial charge in [0.05, 0.1) is 12.7 Å². The second-order valence-electron chi connectivity index (χ2n) is 6.46. The maximum atomic E-state index is 12.2. The lowest BCUT2D eigenvalue weighted by Gasteiger charge is -2.15. The first kappa shape index (κ1) is 15.5. The number of pyridine rings is 1. The average molecular weight is 334 g/mol. The normalized spacial score (nSPS) is 22.8. The minimum Gasteiger partial charge on any atom is -0.497 e. The van der Waals surface area contributed by atoms with Gasteiger partial charge in [-0.1, -0.05) is 6.07 Å². The molecular weight excluding hydrogens is 316 g/mol. The van der Waals surface area contributed by atoms with Gasteiger partial charge >= 0.3 is 6.03 Å². The molecule has 2 amide bonds. The van der Waals surface area contributed by atoms with Crippen LogP contribution in [0.4, 0.5) is 10.6 Å². The van der Waals surface area contributed by atoms with Gasteiger partial charge in [-0.2, -0.15) is 5.26 Å². The molecule has 126 valence electrons. The minimum atomic E-state index is -0.258. The zero-order valence-corrected chi connectivity index (χ0v) is 13.8. The lowest BCUT2D eigenvalue weighted by atomic mass is 9.92. The van der Waals surface area contributed by atoms with Crippen molar-refractivity contribution in [3.8, 4) is 11.8 Å². The molecule has 1 aromatic carbocycles. The van der Waals surface area contributed by atoms with Crippen molar-refractivity contribution in [1.82, 2.24) is 10.3 Å². The Morgan fingerprint density at radius 1 is 1.36 bits per heavy atom. The van der Waals surface area contributed by atoms with Crippen LogP contribution in [0, 0.1) is 17.2 Å². The number of anilines is 1. The molecule has 1 heterocycles. The summed E-state index contributed by atoms with van der Waals surface area (Å²) in [4.78, 5) is 16.3. The van der Waals surface area contributed by atoms with Crippen LogP contribution in [0.15, 0.2) is 36.5 Å². The fourth-order valence-corrected chi connectivity index (χ4v) is 3.76. The summed E-state index contributed by atoms with van der Waals surface area (Å²) in [5.41, 5.74) is 3.10. The van der Waals surface area contributed by atoms with E-state index in [1.54, 1.807) is 19.2 Å². The highest BCUT2D eigenvalue weighted by atomic mass is 16.5. The lowest BCUT2D eigenvalue weighted by Crippen LogP contribution is -2.32. The highest BCUT2D eigenvalue weighted by Gasteiger charge is 2.54. The standard InChI is InChI=1S/C19H18N4O2/c1-25-13-4-6-14-12(8-13)3-5-15-17(14)18(15)23-19(24)22-16-7-2-11(9-20)10-21-16/h2,4,6-8,10,15,17-18H,3,5H2,1H3,(H2,21,22,23,24)/t15-,17+,18-/m1/s1. The summed E-state index contributed by atoms with van der Waals surface area (Å²) in [5.74, 6) is 2.20. The van der Waals surface area contributed by atoms with Crippen LogP contribution in [0.3, 0.4) is 0 Å². The molecular formula is C19H18N4O2. The molecule has 4 rings (SSSR count). The first-order chi connectivity index (χ1) is 12.2. The predicted octanol–water partition coefficient (Wildman–Crippen LogP) is 2.81. The van der Waals surface area contributed by atoms with Crippen molar-refractivity contribution in [3.05, 3.63) is 53.2 Å². The van der Waals surface area contributed by atoms with E-state index in [1.165, 1.54) is 17.3 Å². The summed E-state index contributed by atoms with van der Waals surface area (Å²) in [5, 5.41) is 14.6. The number of amides is 2. The molecule has 1 saturated carbocycles. The summed E-state index contributed by atoms with van der Waals surface area (Å²) in [6.07, 6.45) is 3.53. The van der Waals surface area contributed by atoms with E-state index < -0.39 is 0 Å². The van der Waals surface area contributed by atoms with Crippen molar-refractivity contribution in [1.29, 1.82) is 5.26 Å². The molecule has 0 saturated heterocycles. The van der Waals surface area contributed by atoms with Crippen LogP contribution in [0.1, 0.15) is 29.0 Å². The van der Waals surface area contributed by atoms with Crippen molar-refractivity contribution >= 4 is 11.8 Å². The molecule has 6 nitrogen and oxygen atoms in total. The molecule has 6 heteroatoms. The third-order valence-electron chi connectivity index (χ3n) is 5.06. The fraction of sp³-hybridized carbons (Fsp3) is 0.316. The Kier molecular flexibility index (Phi) is 3.77. The number of hydrogen-bond acceptors (Lipinski definition) is 4. The molecule has 2 N–H and O–H groups in total. The van der Waals surface area contributed by atoms with Gasteiger partial charge in [0, 0.05) is 18.2 Å². The summed E-state index contributed by atoms with van der Waals surface area (Å²) < 4.78 is 5.30. The number of methoxy groups -OCH3 is 1. The Bertz CT molecular complexity index is 857. The van der Waals surface area contributed by atoms with Crippen LogP contribution in [-0.2, 0) is 6.42 Å². The molecule has 1 aromatic heterocycles. The van der Waals surface area contributed by atoms with E-state index in [2.05, 4.69) is 27.8 Å². The number of benzene rings is 1. The number of aryl methyl sites for hydroxylation is 1. The van der Waals surface area contributed by atoms with E-state index in [-0.39, 0.29) is 12.1 Å². The number of carbonyl (C=O) groups is 1. The number of carbonyl (C=O) groups excluding carboxylic acids is 1. The zero-order chi connectivity index (χ0) is 17.4. The number of nitrogens with zero attached hydrogens (tertiary/aromatic N) is 2. The molecule has 25 heavy (non-hydrogen) atoms. The quantitative estimate of drug-likeness (QED) is 0.903. The number of rotatable bonds is 3. The SMILES string of the molecule is COc1ccc2c(c1)CC[C@H]1[C@@H](NC(=O)Nc3ccc(C#N)cn3)[C@@H]21. The predicted molar refractivity (Wildman–Crippen MR) is 92.4 cm³/mol. The van der Waals surface area contributed by atoms with E-state index >= 15 is 0 Å². The largest absolute Gasteiger partial charge is 0.497 e. The van der Waals surface area contributed by atoms with Gasteiger partial charge in [-0.05, 0) is 54.2 Å². The van der Waals surface area contributed by atoms with E-state index in [0.29, 0.717) is 23.2 Å². The molecule has 2 aliphatic rings. The summed E-state index contributed by atoms with van der Waals surface area (Å²) in [6.45, 7) is 0. The Balaban J connectivity index is 1.40. The van der Waals surface area contributed by atoms with Crippen molar-refractivity contribution in [2.75, 3.05) is 12.4 Å². The summed E-state index contributed by atoms with van der Waals surface area (Å²) in [6, 6.07) is 11.4. The number of hydrogen-bond donors (Lipinski definition) is 2. The molecule has 0 bridgehead atoms. The first-order valence-electron chi connectivity index (χ1n) is 8.30. The van der Waals surface area contributed by atoms with Gasteiger partial charge in [0.15, 0.2) is 0 Å². The Morgan fingerprint density at radius 3 is 2.96 bits per heavy atom. The van der Waals surface area contributed by atoms with E-state index in [1.807, 2.05) is 12.1 Å². The Hall–Kier alpha value is -3.07. The highest BCUT2D eigenvalue weighted by molar-refractivity contribution is 5.88. The molecule has 0 aliphatic heterocycles. The van der Waals surface area contributed by atoms with E-state index in [4.69, 9.17) is 10.00 Å². The number of ether oxygens (including phenoxy) is 1. The van der Waals surface area contributed by atoms with Crippen LogP contribution < -0.4 is 15.4 Å². The molecule has 2 aromatic rings. The summed E-state index contributed by atoms with van der Waals surface area (Å²) in [7, 11) is 1.68. The smallest absolute Gasteiger partial charge is 0.320 e. The molecule has 3 atom stereocenters. The molecule has 2 aliphatic carbocycles. The molecule has 1 fully saturated rings. The third-order valence-corrected chi connectivity index (χ3v) is 5.06. The van der Waals surface area contributed by atoms with Crippen LogP contribution in [0.25, 0.3) is 0 Å². The van der Waals surface area contributed by atoms with Gasteiger partial charge < -0.3 is 10.1 Å². The highest BCUT2D eigenvalue weighted by Crippen LogP contribution is 2.55. The number of aromatic nitrogens is 1. The number of nitriles is 1. The molecule has 0 unspecified atom stereocenters. The zero-order valence-electron chi connectivity index (χ0n) is 13.8. The van der Waals surface area contributed by atoms with Crippen molar-refractivity contribution in [3.63, 3.8) is 0 Å². The first-order valence-corrected chi connectivity index (χ1v) is 8.30. The van der Waals surface area contributed by atoms with Crippen LogP contribution in [0.2, 0.25) is 0 Å². The average Bonchev–Trinajstić information content (AvgIpc) is 3.34. The van der Waals surface area contributed by atoms with Crippen molar-refractivity contribution < 1.29 is 9.53 Å². The maximum Gasteiger partial charge on any atom is 0.320 e. The fourth-order valence-electron chi connectivity index (χ4n) is 3.76. The Morgan fingerprint density at radius 2 is 2.24 bits per heavy atom. The van der Waals surface area contributed by atoms with E-state index in [0.717, 1.165) is 18.6 Å². The van der Waals surface area contributed by atoms with Gasteiger partial charge in [-0.25, -0.2) is 9.78 Å². The van der Waals surface area contributed by atoms with Crippen LogP contribution in [-0.4, -0.2) is 24.2 Å². The van der Waals surface area contributed by atoms with Crippen molar-refractivity contribution in [2.45, 2.75) is 24.8 Å². The number of urea groups is 1. The van der Waals surface area contributed by atoms with Gasteiger partial charge in [-0.15, -0.1) is 0 Å². The lowest BCUT2D eigenvalue weighted by molar-refractivity contribution is 0.251. The number of fused-ring (bicyclic) bond motifs is 3. The minimum absolute atomic E-state index is 0.160. The van der Waals surface area contributed by atoms with Gasteiger partial charge in [0.25, 0.3) is 0 Å². The monoisotopic (exact) mass is 334 g/mol.